The predicted molar refractivity (Wildman–Crippen MR) is 76.7 cm³/mol. The SMILES string of the molecule is Cc1nc(C(=O)N(CCC(=O)O)CC(C)C)ccc1C#N. The maximum Gasteiger partial charge on any atom is 0.305 e. The summed E-state index contributed by atoms with van der Waals surface area (Å²) < 4.78 is 0. The van der Waals surface area contributed by atoms with E-state index >= 15 is 0 Å². The number of carbonyl (C=O) groups is 2. The van der Waals surface area contributed by atoms with Crippen molar-refractivity contribution in [2.45, 2.75) is 27.2 Å². The van der Waals surface area contributed by atoms with E-state index in [0.29, 0.717) is 17.8 Å². The fraction of sp³-hybridized carbons (Fsp3) is 0.467. The lowest BCUT2D eigenvalue weighted by atomic mass is 10.1. The summed E-state index contributed by atoms with van der Waals surface area (Å²) in [5, 5.41) is 17.6. The van der Waals surface area contributed by atoms with Crippen LogP contribution in [0.3, 0.4) is 0 Å². The number of amides is 1. The van der Waals surface area contributed by atoms with Crippen molar-refractivity contribution < 1.29 is 14.7 Å². The Bertz CT molecular complexity index is 576. The zero-order valence-corrected chi connectivity index (χ0v) is 12.5. The average Bonchev–Trinajstić information content (AvgIpc) is 2.42. The Morgan fingerprint density at radius 3 is 2.57 bits per heavy atom. The van der Waals surface area contributed by atoms with Crippen LogP contribution >= 0.6 is 0 Å². The number of carboxylic acids is 1. The maximum absolute atomic E-state index is 12.4. The largest absolute Gasteiger partial charge is 0.481 e. The van der Waals surface area contributed by atoms with Crippen molar-refractivity contribution in [1.29, 1.82) is 5.26 Å². The van der Waals surface area contributed by atoms with Gasteiger partial charge < -0.3 is 10.0 Å². The van der Waals surface area contributed by atoms with Gasteiger partial charge in [0.05, 0.1) is 17.7 Å². The van der Waals surface area contributed by atoms with E-state index in [4.69, 9.17) is 10.4 Å². The van der Waals surface area contributed by atoms with Gasteiger partial charge in [0.15, 0.2) is 0 Å². The van der Waals surface area contributed by atoms with Crippen LogP contribution in [0.5, 0.6) is 0 Å². The summed E-state index contributed by atoms with van der Waals surface area (Å²) in [5.41, 5.74) is 1.15. The molecule has 112 valence electrons. The molecule has 0 radical (unpaired) electrons. The highest BCUT2D eigenvalue weighted by Gasteiger charge is 2.19. The molecule has 0 saturated carbocycles. The Hall–Kier alpha value is -2.42. The molecule has 1 amide bonds. The van der Waals surface area contributed by atoms with Crippen LogP contribution in [-0.2, 0) is 4.79 Å². The molecule has 0 fully saturated rings. The van der Waals surface area contributed by atoms with E-state index < -0.39 is 5.97 Å². The van der Waals surface area contributed by atoms with Crippen LogP contribution in [0, 0.1) is 24.2 Å². The number of aryl methyl sites for hydroxylation is 1. The molecule has 21 heavy (non-hydrogen) atoms. The molecule has 0 unspecified atom stereocenters. The van der Waals surface area contributed by atoms with E-state index in [1.807, 2.05) is 19.9 Å². The Labute approximate surface area is 124 Å². The molecule has 0 aliphatic heterocycles. The Morgan fingerprint density at radius 2 is 2.10 bits per heavy atom. The summed E-state index contributed by atoms with van der Waals surface area (Å²) in [6, 6.07) is 5.06. The first-order valence-corrected chi connectivity index (χ1v) is 6.74. The van der Waals surface area contributed by atoms with E-state index in [0.717, 1.165) is 0 Å². The minimum atomic E-state index is -0.944. The third-order valence-electron chi connectivity index (χ3n) is 2.89. The zero-order chi connectivity index (χ0) is 16.0. The van der Waals surface area contributed by atoms with Gasteiger partial charge in [0, 0.05) is 13.1 Å². The third kappa shape index (κ3) is 4.88. The van der Waals surface area contributed by atoms with Crippen molar-refractivity contribution in [3.8, 4) is 6.07 Å². The maximum atomic E-state index is 12.4. The Balaban J connectivity index is 2.96. The van der Waals surface area contributed by atoms with E-state index in [1.165, 1.54) is 11.0 Å². The average molecular weight is 289 g/mol. The van der Waals surface area contributed by atoms with Crippen molar-refractivity contribution in [3.05, 3.63) is 29.1 Å². The van der Waals surface area contributed by atoms with Crippen molar-refractivity contribution >= 4 is 11.9 Å². The number of pyridine rings is 1. The molecular formula is C15H19N3O3. The molecule has 1 N–H and O–H groups in total. The lowest BCUT2D eigenvalue weighted by Gasteiger charge is -2.23. The van der Waals surface area contributed by atoms with Gasteiger partial charge in [-0.1, -0.05) is 13.8 Å². The molecule has 0 aromatic carbocycles. The number of nitriles is 1. The van der Waals surface area contributed by atoms with Crippen molar-refractivity contribution in [2.24, 2.45) is 5.92 Å². The molecule has 0 saturated heterocycles. The second-order valence-electron chi connectivity index (χ2n) is 5.23. The van der Waals surface area contributed by atoms with Gasteiger partial charge >= 0.3 is 5.97 Å². The second kappa shape index (κ2) is 7.39. The molecular weight excluding hydrogens is 270 g/mol. The monoisotopic (exact) mass is 289 g/mol. The highest BCUT2D eigenvalue weighted by molar-refractivity contribution is 5.92. The van der Waals surface area contributed by atoms with Gasteiger partial charge in [-0.15, -0.1) is 0 Å². The molecule has 0 aliphatic rings. The van der Waals surface area contributed by atoms with E-state index in [2.05, 4.69) is 4.98 Å². The van der Waals surface area contributed by atoms with Crippen LogP contribution in [0.1, 0.15) is 42.0 Å². The smallest absolute Gasteiger partial charge is 0.305 e. The molecule has 1 aromatic rings. The minimum Gasteiger partial charge on any atom is -0.481 e. The fourth-order valence-corrected chi connectivity index (χ4v) is 1.91. The number of carbonyl (C=O) groups excluding carboxylic acids is 1. The number of carboxylic acid groups (broad SMARTS) is 1. The summed E-state index contributed by atoms with van der Waals surface area (Å²) >= 11 is 0. The van der Waals surface area contributed by atoms with Crippen molar-refractivity contribution in [2.75, 3.05) is 13.1 Å². The first-order chi connectivity index (χ1) is 9.85. The Morgan fingerprint density at radius 1 is 1.43 bits per heavy atom. The van der Waals surface area contributed by atoms with E-state index in [-0.39, 0.29) is 30.5 Å². The van der Waals surface area contributed by atoms with Crippen LogP contribution in [0.15, 0.2) is 12.1 Å². The van der Waals surface area contributed by atoms with Gasteiger partial charge in [-0.25, -0.2) is 4.98 Å². The standard InChI is InChI=1S/C15H19N3O3/c1-10(2)9-18(7-6-14(19)20)15(21)13-5-4-12(8-16)11(3)17-13/h4-5,10H,6-7,9H2,1-3H3,(H,19,20). The first-order valence-electron chi connectivity index (χ1n) is 6.74. The summed E-state index contributed by atoms with van der Waals surface area (Å²) in [6.45, 7) is 6.19. The number of hydrogen-bond donors (Lipinski definition) is 1. The highest BCUT2D eigenvalue weighted by atomic mass is 16.4. The number of rotatable bonds is 6. The van der Waals surface area contributed by atoms with Gasteiger partial charge in [0.1, 0.15) is 11.8 Å². The van der Waals surface area contributed by atoms with Crippen LogP contribution in [0.4, 0.5) is 0 Å². The van der Waals surface area contributed by atoms with Crippen molar-refractivity contribution in [1.82, 2.24) is 9.88 Å². The van der Waals surface area contributed by atoms with Gasteiger partial charge in [-0.2, -0.15) is 5.26 Å². The lowest BCUT2D eigenvalue weighted by molar-refractivity contribution is -0.137. The molecule has 6 nitrogen and oxygen atoms in total. The van der Waals surface area contributed by atoms with Crippen LogP contribution in [-0.4, -0.2) is 40.0 Å². The fourth-order valence-electron chi connectivity index (χ4n) is 1.91. The Kier molecular flexibility index (Phi) is 5.85. The molecule has 0 atom stereocenters. The van der Waals surface area contributed by atoms with Crippen LogP contribution in [0.2, 0.25) is 0 Å². The molecule has 1 heterocycles. The molecule has 0 bridgehead atoms. The number of aliphatic carboxylic acids is 1. The van der Waals surface area contributed by atoms with Crippen molar-refractivity contribution in [3.63, 3.8) is 0 Å². The van der Waals surface area contributed by atoms with Gasteiger partial charge in [-0.3, -0.25) is 9.59 Å². The quantitative estimate of drug-likeness (QED) is 0.862. The molecule has 6 heteroatoms. The topological polar surface area (TPSA) is 94.3 Å². The number of nitrogens with zero attached hydrogens (tertiary/aromatic N) is 3. The van der Waals surface area contributed by atoms with Crippen LogP contribution < -0.4 is 0 Å². The molecule has 0 aliphatic carbocycles. The van der Waals surface area contributed by atoms with Gasteiger partial charge in [-0.05, 0) is 25.0 Å². The molecule has 0 spiro atoms. The zero-order valence-electron chi connectivity index (χ0n) is 12.5. The second-order valence-corrected chi connectivity index (χ2v) is 5.23. The summed E-state index contributed by atoms with van der Waals surface area (Å²) in [7, 11) is 0. The highest BCUT2D eigenvalue weighted by Crippen LogP contribution is 2.10. The van der Waals surface area contributed by atoms with E-state index in [1.54, 1.807) is 13.0 Å². The molecule has 1 rings (SSSR count). The third-order valence-corrected chi connectivity index (χ3v) is 2.89. The number of hydrogen-bond acceptors (Lipinski definition) is 4. The minimum absolute atomic E-state index is 0.103. The molecule has 1 aromatic heterocycles. The van der Waals surface area contributed by atoms with Gasteiger partial charge in [0.25, 0.3) is 5.91 Å². The first kappa shape index (κ1) is 16.6. The summed E-state index contributed by atoms with van der Waals surface area (Å²) in [5.74, 6) is -1.03. The summed E-state index contributed by atoms with van der Waals surface area (Å²) in [4.78, 5) is 28.8. The summed E-state index contributed by atoms with van der Waals surface area (Å²) in [6.07, 6.45) is -0.103. The van der Waals surface area contributed by atoms with Crippen LogP contribution in [0.25, 0.3) is 0 Å². The van der Waals surface area contributed by atoms with E-state index in [9.17, 15) is 9.59 Å². The predicted octanol–water partition coefficient (Wildman–Crippen LogP) is 1.83. The van der Waals surface area contributed by atoms with Gasteiger partial charge in [0.2, 0.25) is 0 Å². The number of aromatic nitrogens is 1. The lowest BCUT2D eigenvalue weighted by Crippen LogP contribution is -2.36. The normalized spacial score (nSPS) is 10.2.